The van der Waals surface area contributed by atoms with Crippen LogP contribution in [0.1, 0.15) is 24.6 Å². The molecule has 0 spiro atoms. The van der Waals surface area contributed by atoms with Crippen molar-refractivity contribution >= 4 is 16.6 Å². The van der Waals surface area contributed by atoms with Crippen molar-refractivity contribution in [2.24, 2.45) is 0 Å². The summed E-state index contributed by atoms with van der Waals surface area (Å²) in [5.41, 5.74) is 4.37. The third-order valence-electron chi connectivity index (χ3n) is 3.24. The van der Waals surface area contributed by atoms with Gasteiger partial charge in [0.1, 0.15) is 11.3 Å². The summed E-state index contributed by atoms with van der Waals surface area (Å²) in [6.45, 7) is 7.29. The Kier molecular flexibility index (Phi) is 3.70. The van der Waals surface area contributed by atoms with E-state index in [1.54, 1.807) is 7.11 Å². The third kappa shape index (κ3) is 2.13. The van der Waals surface area contributed by atoms with E-state index in [2.05, 4.69) is 30.2 Å². The van der Waals surface area contributed by atoms with E-state index in [0.717, 1.165) is 35.3 Å². The van der Waals surface area contributed by atoms with Gasteiger partial charge in [-0.2, -0.15) is 0 Å². The molecule has 3 nitrogen and oxygen atoms in total. The molecule has 0 aliphatic carbocycles. The van der Waals surface area contributed by atoms with Gasteiger partial charge in [-0.1, -0.05) is 19.1 Å². The van der Waals surface area contributed by atoms with E-state index in [1.807, 2.05) is 19.1 Å². The lowest BCUT2D eigenvalue weighted by Gasteiger charge is -2.15. The lowest BCUT2D eigenvalue weighted by molar-refractivity contribution is 0.419. The maximum atomic E-state index is 5.39. The zero-order valence-corrected chi connectivity index (χ0v) is 11.5. The van der Waals surface area contributed by atoms with E-state index >= 15 is 0 Å². The summed E-state index contributed by atoms with van der Waals surface area (Å²) in [6, 6.07) is 6.05. The van der Waals surface area contributed by atoms with Gasteiger partial charge in [0, 0.05) is 23.3 Å². The minimum Gasteiger partial charge on any atom is -0.494 e. The van der Waals surface area contributed by atoms with E-state index in [4.69, 9.17) is 4.74 Å². The molecular weight excluding hydrogens is 224 g/mol. The summed E-state index contributed by atoms with van der Waals surface area (Å²) in [5, 5.41) is 4.63. The number of pyridine rings is 1. The molecule has 0 radical (unpaired) electrons. The van der Waals surface area contributed by atoms with Gasteiger partial charge in [0.15, 0.2) is 0 Å². The molecule has 0 amide bonds. The number of hydrogen-bond acceptors (Lipinski definition) is 3. The van der Waals surface area contributed by atoms with E-state index in [1.165, 1.54) is 11.3 Å². The molecule has 0 bridgehead atoms. The fourth-order valence-electron chi connectivity index (χ4n) is 2.12. The number of fused-ring (bicyclic) bond motifs is 1. The fourth-order valence-corrected chi connectivity index (χ4v) is 2.12. The highest BCUT2D eigenvalue weighted by molar-refractivity contribution is 5.96. The Morgan fingerprint density at radius 2 is 2.06 bits per heavy atom. The molecule has 0 aliphatic rings. The van der Waals surface area contributed by atoms with Crippen LogP contribution in [0.4, 0.5) is 5.69 Å². The molecule has 2 rings (SSSR count). The van der Waals surface area contributed by atoms with Crippen LogP contribution in [0.2, 0.25) is 0 Å². The Balaban J connectivity index is 2.69. The van der Waals surface area contributed by atoms with Gasteiger partial charge in [-0.25, -0.2) is 4.98 Å². The normalized spacial score (nSPS) is 10.7. The number of aromatic nitrogens is 1. The maximum absolute atomic E-state index is 5.39. The van der Waals surface area contributed by atoms with Gasteiger partial charge >= 0.3 is 0 Å². The van der Waals surface area contributed by atoms with Crippen molar-refractivity contribution < 1.29 is 4.74 Å². The molecule has 0 saturated heterocycles. The molecule has 18 heavy (non-hydrogen) atoms. The number of para-hydroxylation sites is 1. The molecule has 1 N–H and O–H groups in total. The Morgan fingerprint density at radius 3 is 2.72 bits per heavy atom. The topological polar surface area (TPSA) is 34.2 Å². The quantitative estimate of drug-likeness (QED) is 0.890. The average Bonchev–Trinajstić information content (AvgIpc) is 2.39. The monoisotopic (exact) mass is 244 g/mol. The molecule has 0 fully saturated rings. The largest absolute Gasteiger partial charge is 0.494 e. The SMILES string of the molecule is CCCNc1c(C)c(C)nc2c(OC)cccc12. The van der Waals surface area contributed by atoms with Crippen LogP contribution in [0.3, 0.4) is 0 Å². The highest BCUT2D eigenvalue weighted by atomic mass is 16.5. The number of benzene rings is 1. The molecule has 0 aliphatic heterocycles. The first-order valence-corrected chi connectivity index (χ1v) is 6.36. The summed E-state index contributed by atoms with van der Waals surface area (Å²) in [6.07, 6.45) is 1.10. The lowest BCUT2D eigenvalue weighted by atomic mass is 10.1. The second kappa shape index (κ2) is 5.25. The predicted octanol–water partition coefficient (Wildman–Crippen LogP) is 3.68. The van der Waals surface area contributed by atoms with Gasteiger partial charge in [0.25, 0.3) is 0 Å². The van der Waals surface area contributed by atoms with Crippen LogP contribution in [0.5, 0.6) is 5.75 Å². The highest BCUT2D eigenvalue weighted by Gasteiger charge is 2.11. The standard InChI is InChI=1S/C15H20N2O/c1-5-9-16-14-10(2)11(3)17-15-12(14)7-6-8-13(15)18-4/h6-8H,5,9H2,1-4H3,(H,16,17). The molecule has 1 aromatic heterocycles. The van der Waals surface area contributed by atoms with Crippen LogP contribution < -0.4 is 10.1 Å². The molecule has 0 atom stereocenters. The fraction of sp³-hybridized carbons (Fsp3) is 0.400. The Bertz CT molecular complexity index is 564. The predicted molar refractivity (Wildman–Crippen MR) is 76.5 cm³/mol. The van der Waals surface area contributed by atoms with Crippen molar-refractivity contribution in [2.45, 2.75) is 27.2 Å². The lowest BCUT2D eigenvalue weighted by Crippen LogP contribution is -2.05. The number of ether oxygens (including phenoxy) is 1. The second-order valence-corrected chi connectivity index (χ2v) is 4.48. The average molecular weight is 244 g/mol. The van der Waals surface area contributed by atoms with Crippen LogP contribution in [-0.2, 0) is 0 Å². The van der Waals surface area contributed by atoms with Gasteiger partial charge in [-0.3, -0.25) is 0 Å². The van der Waals surface area contributed by atoms with E-state index in [-0.39, 0.29) is 0 Å². The number of nitrogens with one attached hydrogen (secondary N) is 1. The van der Waals surface area contributed by atoms with Gasteiger partial charge < -0.3 is 10.1 Å². The van der Waals surface area contributed by atoms with Crippen molar-refractivity contribution in [1.82, 2.24) is 4.98 Å². The van der Waals surface area contributed by atoms with Crippen LogP contribution in [0, 0.1) is 13.8 Å². The Labute approximate surface area is 108 Å². The molecule has 0 saturated carbocycles. The molecule has 0 unspecified atom stereocenters. The van der Waals surface area contributed by atoms with E-state index in [0.29, 0.717) is 0 Å². The highest BCUT2D eigenvalue weighted by Crippen LogP contribution is 2.32. The number of hydrogen-bond donors (Lipinski definition) is 1. The van der Waals surface area contributed by atoms with E-state index < -0.39 is 0 Å². The van der Waals surface area contributed by atoms with Gasteiger partial charge in [0.2, 0.25) is 0 Å². The minimum atomic E-state index is 0.829. The van der Waals surface area contributed by atoms with Crippen molar-refractivity contribution in [3.05, 3.63) is 29.5 Å². The van der Waals surface area contributed by atoms with Crippen molar-refractivity contribution in [1.29, 1.82) is 0 Å². The number of methoxy groups -OCH3 is 1. The Morgan fingerprint density at radius 1 is 1.28 bits per heavy atom. The van der Waals surface area contributed by atoms with Crippen molar-refractivity contribution in [2.75, 3.05) is 19.0 Å². The number of nitrogens with zero attached hydrogens (tertiary/aromatic N) is 1. The van der Waals surface area contributed by atoms with Crippen LogP contribution in [0.15, 0.2) is 18.2 Å². The summed E-state index contributed by atoms with van der Waals surface area (Å²) >= 11 is 0. The number of anilines is 1. The van der Waals surface area contributed by atoms with Crippen molar-refractivity contribution in [3.8, 4) is 5.75 Å². The third-order valence-corrected chi connectivity index (χ3v) is 3.24. The van der Waals surface area contributed by atoms with Gasteiger partial charge in [-0.05, 0) is 31.9 Å². The van der Waals surface area contributed by atoms with Gasteiger partial charge in [-0.15, -0.1) is 0 Å². The Hall–Kier alpha value is -1.77. The summed E-state index contributed by atoms with van der Waals surface area (Å²) in [4.78, 5) is 4.65. The molecule has 2 aromatic rings. The van der Waals surface area contributed by atoms with Crippen LogP contribution >= 0.6 is 0 Å². The molecule has 3 heteroatoms. The summed E-state index contributed by atoms with van der Waals surface area (Å²) in [7, 11) is 1.69. The summed E-state index contributed by atoms with van der Waals surface area (Å²) in [5.74, 6) is 0.829. The van der Waals surface area contributed by atoms with Crippen LogP contribution in [-0.4, -0.2) is 18.6 Å². The van der Waals surface area contributed by atoms with Crippen molar-refractivity contribution in [3.63, 3.8) is 0 Å². The molecule has 96 valence electrons. The maximum Gasteiger partial charge on any atom is 0.145 e. The first-order valence-electron chi connectivity index (χ1n) is 6.36. The number of aryl methyl sites for hydroxylation is 1. The smallest absolute Gasteiger partial charge is 0.145 e. The van der Waals surface area contributed by atoms with Gasteiger partial charge in [0.05, 0.1) is 7.11 Å². The van der Waals surface area contributed by atoms with E-state index in [9.17, 15) is 0 Å². The molecular formula is C15H20N2O. The first kappa shape index (κ1) is 12.7. The molecule has 1 aromatic carbocycles. The number of rotatable bonds is 4. The molecule has 1 heterocycles. The minimum absolute atomic E-state index is 0.829. The zero-order chi connectivity index (χ0) is 13.1. The second-order valence-electron chi connectivity index (χ2n) is 4.48. The zero-order valence-electron chi connectivity index (χ0n) is 11.5. The first-order chi connectivity index (χ1) is 8.69. The van der Waals surface area contributed by atoms with Crippen LogP contribution in [0.25, 0.3) is 10.9 Å². The summed E-state index contributed by atoms with van der Waals surface area (Å²) < 4.78 is 5.39.